The summed E-state index contributed by atoms with van der Waals surface area (Å²) in [6, 6.07) is 13.0. The molecule has 114 valence electrons. The minimum absolute atomic E-state index is 0.0220. The molecule has 1 fully saturated rings. The number of carbonyl (C=O) groups excluding carboxylic acids is 1. The number of nitrogens with zero attached hydrogens (tertiary/aromatic N) is 2. The van der Waals surface area contributed by atoms with E-state index in [0.717, 1.165) is 5.56 Å². The van der Waals surface area contributed by atoms with Crippen LogP contribution in [0.2, 0.25) is 0 Å². The minimum Gasteiger partial charge on any atom is -0.486 e. The second kappa shape index (κ2) is 6.58. The Morgan fingerprint density at radius 3 is 2.77 bits per heavy atom. The van der Waals surface area contributed by atoms with Gasteiger partial charge in [-0.05, 0) is 23.8 Å². The fourth-order valence-corrected chi connectivity index (χ4v) is 2.54. The van der Waals surface area contributed by atoms with Crippen LogP contribution in [0.5, 0.6) is 5.75 Å². The topological polar surface area (TPSA) is 62.7 Å². The van der Waals surface area contributed by atoms with Gasteiger partial charge in [-0.3, -0.25) is 9.78 Å². The van der Waals surface area contributed by atoms with E-state index >= 15 is 0 Å². The largest absolute Gasteiger partial charge is 0.486 e. The maximum atomic E-state index is 12.3. The normalized spacial score (nSPS) is 20.9. The predicted octanol–water partition coefficient (Wildman–Crippen LogP) is 1.27. The number of amides is 1. The predicted molar refractivity (Wildman–Crippen MR) is 81.4 cm³/mol. The Morgan fingerprint density at radius 1 is 1.23 bits per heavy atom. The molecule has 2 aromatic rings. The van der Waals surface area contributed by atoms with E-state index in [9.17, 15) is 9.90 Å². The summed E-state index contributed by atoms with van der Waals surface area (Å²) in [6.07, 6.45) is 2.59. The van der Waals surface area contributed by atoms with Crippen LogP contribution in [-0.4, -0.2) is 46.2 Å². The monoisotopic (exact) mass is 298 g/mol. The highest BCUT2D eigenvalue weighted by atomic mass is 16.5. The standard InChI is InChI=1S/C17H18N2O3/c20-15-11-19(17(21)9-13-5-4-8-18-10-13)12-16(15)22-14-6-2-1-3-7-14/h1-8,10,15-16,20H,9,11-12H2/t15-,16-/m1/s1. The van der Waals surface area contributed by atoms with E-state index in [1.165, 1.54) is 0 Å². The number of aliphatic hydroxyl groups is 1. The average molecular weight is 298 g/mol. The first kappa shape index (κ1) is 14.5. The van der Waals surface area contributed by atoms with Crippen LogP contribution in [0.1, 0.15) is 5.56 Å². The number of pyridine rings is 1. The molecule has 0 spiro atoms. The van der Waals surface area contributed by atoms with Crippen molar-refractivity contribution < 1.29 is 14.6 Å². The van der Waals surface area contributed by atoms with Gasteiger partial charge in [0.1, 0.15) is 18.0 Å². The molecule has 0 aliphatic carbocycles. The van der Waals surface area contributed by atoms with Gasteiger partial charge in [0, 0.05) is 12.4 Å². The van der Waals surface area contributed by atoms with E-state index in [2.05, 4.69) is 4.98 Å². The molecular formula is C17H18N2O3. The Morgan fingerprint density at radius 2 is 2.05 bits per heavy atom. The third-order valence-corrected chi connectivity index (χ3v) is 3.70. The first-order valence-corrected chi connectivity index (χ1v) is 7.29. The SMILES string of the molecule is O=C(Cc1cccnc1)N1C[C@@H](O)[C@H](Oc2ccccc2)C1. The maximum Gasteiger partial charge on any atom is 0.227 e. The molecule has 0 radical (unpaired) electrons. The van der Waals surface area contributed by atoms with Gasteiger partial charge in [-0.1, -0.05) is 24.3 Å². The molecule has 1 amide bonds. The number of hydrogen-bond acceptors (Lipinski definition) is 4. The molecule has 2 atom stereocenters. The molecule has 5 heteroatoms. The minimum atomic E-state index is -0.668. The van der Waals surface area contributed by atoms with Crippen molar-refractivity contribution in [2.75, 3.05) is 13.1 Å². The third-order valence-electron chi connectivity index (χ3n) is 3.70. The second-order valence-electron chi connectivity index (χ2n) is 5.37. The van der Waals surface area contributed by atoms with Gasteiger partial charge in [0.2, 0.25) is 5.91 Å². The molecule has 0 saturated carbocycles. The fraction of sp³-hybridized carbons (Fsp3) is 0.294. The van der Waals surface area contributed by atoms with Crippen molar-refractivity contribution in [1.82, 2.24) is 9.88 Å². The summed E-state index contributed by atoms with van der Waals surface area (Å²) < 4.78 is 5.76. The molecule has 2 heterocycles. The molecule has 0 unspecified atom stereocenters. The maximum absolute atomic E-state index is 12.3. The molecule has 22 heavy (non-hydrogen) atoms. The molecule has 3 rings (SSSR count). The number of carbonyl (C=O) groups is 1. The summed E-state index contributed by atoms with van der Waals surface area (Å²) >= 11 is 0. The number of aromatic nitrogens is 1. The van der Waals surface area contributed by atoms with Crippen molar-refractivity contribution in [2.45, 2.75) is 18.6 Å². The molecule has 1 N–H and O–H groups in total. The smallest absolute Gasteiger partial charge is 0.227 e. The number of likely N-dealkylation sites (tertiary alicyclic amines) is 1. The third kappa shape index (κ3) is 3.43. The lowest BCUT2D eigenvalue weighted by molar-refractivity contribution is -0.129. The first-order valence-electron chi connectivity index (χ1n) is 7.29. The number of hydrogen-bond donors (Lipinski definition) is 1. The van der Waals surface area contributed by atoms with Crippen LogP contribution >= 0.6 is 0 Å². The Kier molecular flexibility index (Phi) is 4.34. The summed E-state index contributed by atoms with van der Waals surface area (Å²) in [7, 11) is 0. The summed E-state index contributed by atoms with van der Waals surface area (Å²) in [5, 5.41) is 10.1. The van der Waals surface area contributed by atoms with Crippen molar-refractivity contribution >= 4 is 5.91 Å². The van der Waals surface area contributed by atoms with Gasteiger partial charge in [-0.2, -0.15) is 0 Å². The van der Waals surface area contributed by atoms with Crippen LogP contribution < -0.4 is 4.74 Å². The van der Waals surface area contributed by atoms with E-state index in [1.807, 2.05) is 42.5 Å². The summed E-state index contributed by atoms with van der Waals surface area (Å²) in [6.45, 7) is 0.700. The van der Waals surface area contributed by atoms with E-state index in [4.69, 9.17) is 4.74 Å². The van der Waals surface area contributed by atoms with Crippen LogP contribution in [-0.2, 0) is 11.2 Å². The number of benzene rings is 1. The van der Waals surface area contributed by atoms with Gasteiger partial charge < -0.3 is 14.7 Å². The lowest BCUT2D eigenvalue weighted by atomic mass is 10.2. The lowest BCUT2D eigenvalue weighted by Gasteiger charge is -2.17. The van der Waals surface area contributed by atoms with Crippen molar-refractivity contribution in [3.05, 3.63) is 60.4 Å². The van der Waals surface area contributed by atoms with Crippen LogP contribution in [0.25, 0.3) is 0 Å². The highest BCUT2D eigenvalue weighted by molar-refractivity contribution is 5.79. The zero-order valence-electron chi connectivity index (χ0n) is 12.1. The molecule has 1 aliphatic rings. The summed E-state index contributed by atoms with van der Waals surface area (Å²) in [4.78, 5) is 17.9. The highest BCUT2D eigenvalue weighted by Gasteiger charge is 2.35. The van der Waals surface area contributed by atoms with Gasteiger partial charge in [-0.15, -0.1) is 0 Å². The number of rotatable bonds is 4. The van der Waals surface area contributed by atoms with E-state index in [1.54, 1.807) is 17.3 Å². The van der Waals surface area contributed by atoms with Crippen molar-refractivity contribution in [3.8, 4) is 5.75 Å². The highest BCUT2D eigenvalue weighted by Crippen LogP contribution is 2.19. The molecule has 1 aliphatic heterocycles. The Hall–Kier alpha value is -2.40. The van der Waals surface area contributed by atoms with Gasteiger partial charge >= 0.3 is 0 Å². The van der Waals surface area contributed by atoms with E-state index in [-0.39, 0.29) is 12.0 Å². The second-order valence-corrected chi connectivity index (χ2v) is 5.37. The van der Waals surface area contributed by atoms with E-state index < -0.39 is 6.10 Å². The number of para-hydroxylation sites is 1. The van der Waals surface area contributed by atoms with E-state index in [0.29, 0.717) is 25.3 Å². The van der Waals surface area contributed by atoms with Crippen LogP contribution in [0.4, 0.5) is 0 Å². The first-order chi connectivity index (χ1) is 10.7. The molecule has 1 aromatic heterocycles. The van der Waals surface area contributed by atoms with Crippen molar-refractivity contribution in [2.24, 2.45) is 0 Å². The van der Waals surface area contributed by atoms with Crippen LogP contribution in [0.3, 0.4) is 0 Å². The van der Waals surface area contributed by atoms with Crippen LogP contribution in [0, 0.1) is 0 Å². The van der Waals surface area contributed by atoms with Gasteiger partial charge in [0.15, 0.2) is 0 Å². The lowest BCUT2D eigenvalue weighted by Crippen LogP contribution is -2.32. The Balaban J connectivity index is 1.59. The van der Waals surface area contributed by atoms with Gasteiger partial charge in [-0.25, -0.2) is 0 Å². The molecule has 1 aromatic carbocycles. The molecule has 1 saturated heterocycles. The summed E-state index contributed by atoms with van der Waals surface area (Å²) in [5.41, 5.74) is 0.870. The van der Waals surface area contributed by atoms with Gasteiger partial charge in [0.25, 0.3) is 0 Å². The average Bonchev–Trinajstić information content (AvgIpc) is 2.90. The van der Waals surface area contributed by atoms with Crippen molar-refractivity contribution in [3.63, 3.8) is 0 Å². The molecule has 0 bridgehead atoms. The molecule has 5 nitrogen and oxygen atoms in total. The summed E-state index contributed by atoms with van der Waals surface area (Å²) in [5.74, 6) is 0.680. The number of ether oxygens (including phenoxy) is 1. The zero-order valence-corrected chi connectivity index (χ0v) is 12.1. The Bertz CT molecular complexity index is 618. The van der Waals surface area contributed by atoms with Gasteiger partial charge in [0.05, 0.1) is 19.5 Å². The number of aliphatic hydroxyl groups excluding tert-OH is 1. The fourth-order valence-electron chi connectivity index (χ4n) is 2.54. The van der Waals surface area contributed by atoms with Crippen molar-refractivity contribution in [1.29, 1.82) is 0 Å². The number of β-amino-alcohol motifs (C(OH)–C–C–N with tert-alkyl or cyclic N) is 1. The van der Waals surface area contributed by atoms with Crippen LogP contribution in [0.15, 0.2) is 54.9 Å². The Labute approximate surface area is 129 Å². The quantitative estimate of drug-likeness (QED) is 0.923. The molecular weight excluding hydrogens is 280 g/mol. The zero-order chi connectivity index (χ0) is 15.4.